The fourth-order valence-corrected chi connectivity index (χ4v) is 0. The molecular formula is C4H11NO2S. The molecule has 1 amide bonds. The summed E-state index contributed by atoms with van der Waals surface area (Å²) in [5, 5.41) is 0. The van der Waals surface area contributed by atoms with Crippen molar-refractivity contribution in [3.8, 4) is 0 Å². The number of rotatable bonds is 0. The molecule has 2 N–H and O–H groups in total. The molecule has 0 aliphatic carbocycles. The number of carbonyl (C=O) groups is 1. The molecule has 0 aromatic rings. The van der Waals surface area contributed by atoms with Crippen molar-refractivity contribution in [3.05, 3.63) is 0 Å². The van der Waals surface area contributed by atoms with Gasteiger partial charge < -0.3 is 10.3 Å². The van der Waals surface area contributed by atoms with Gasteiger partial charge in [0.25, 0.3) is 0 Å². The molecular weight excluding hydrogens is 126 g/mol. The molecule has 4 heteroatoms. The molecule has 0 aromatic heterocycles. The lowest BCUT2D eigenvalue weighted by Gasteiger charge is -1.87. The Morgan fingerprint density at radius 3 is 1.62 bits per heavy atom. The van der Waals surface area contributed by atoms with Gasteiger partial charge in [-0.1, -0.05) is 11.2 Å². The number of nitrogens with two attached hydrogens (primary N) is 1. The number of carbonyl (C=O) groups excluding carboxylic acids is 1. The molecule has 0 rings (SSSR count). The van der Waals surface area contributed by atoms with Gasteiger partial charge in [-0.25, -0.2) is 0 Å². The van der Waals surface area contributed by atoms with Crippen LogP contribution >= 0.6 is 0 Å². The molecule has 0 unspecified atom stereocenters. The Hall–Kier alpha value is -0.220. The summed E-state index contributed by atoms with van der Waals surface area (Å²) in [6.45, 7) is 1.31. The smallest absolute Gasteiger partial charge is 0.214 e. The molecule has 0 spiro atoms. The minimum atomic E-state index is -0.611. The molecule has 3 nitrogen and oxygen atoms in total. The van der Waals surface area contributed by atoms with E-state index in [4.69, 9.17) is 0 Å². The van der Waals surface area contributed by atoms with E-state index in [1.807, 2.05) is 0 Å². The first kappa shape index (κ1) is 10.7. The maximum atomic E-state index is 9.56. The van der Waals surface area contributed by atoms with Crippen molar-refractivity contribution >= 4 is 17.1 Å². The fraction of sp³-hybridized carbons (Fsp3) is 0.750. The van der Waals surface area contributed by atoms with Crippen molar-refractivity contribution in [2.75, 3.05) is 12.5 Å². The Kier molecular flexibility index (Phi) is 9.07. The molecule has 0 saturated heterocycles. The summed E-state index contributed by atoms with van der Waals surface area (Å²) >= 11 is -0.611. The van der Waals surface area contributed by atoms with Crippen molar-refractivity contribution < 1.29 is 9.35 Å². The summed E-state index contributed by atoms with van der Waals surface area (Å²) in [7, 11) is 0. The zero-order valence-electron chi connectivity index (χ0n) is 5.30. The van der Waals surface area contributed by atoms with Gasteiger partial charge in [0.05, 0.1) is 12.5 Å². The van der Waals surface area contributed by atoms with Gasteiger partial charge in [0.1, 0.15) is 0 Å². The predicted octanol–water partition coefficient (Wildman–Crippen LogP) is -0.514. The Balaban J connectivity index is 0. The lowest BCUT2D eigenvalue weighted by Crippen LogP contribution is -2.01. The zero-order valence-corrected chi connectivity index (χ0v) is 6.12. The lowest BCUT2D eigenvalue weighted by atomic mass is 10.8. The van der Waals surface area contributed by atoms with Gasteiger partial charge in [0, 0.05) is 6.92 Å². The molecule has 0 aliphatic heterocycles. The van der Waals surface area contributed by atoms with Crippen LogP contribution in [0.1, 0.15) is 6.92 Å². The summed E-state index contributed by atoms with van der Waals surface area (Å²) in [5.74, 6) is -0.333. The second kappa shape index (κ2) is 6.78. The molecule has 0 saturated carbocycles. The van der Waals surface area contributed by atoms with E-state index < -0.39 is 11.2 Å². The number of primary amides is 1. The van der Waals surface area contributed by atoms with E-state index in [2.05, 4.69) is 5.73 Å². The number of hydrogen-bond donors (Lipinski definition) is 1. The summed E-state index contributed by atoms with van der Waals surface area (Å²) in [4.78, 5) is 9.22. The van der Waals surface area contributed by atoms with Gasteiger partial charge in [0.2, 0.25) is 5.91 Å². The topological polar surface area (TPSA) is 66.2 Å². The van der Waals surface area contributed by atoms with Crippen LogP contribution in [0.5, 0.6) is 0 Å². The van der Waals surface area contributed by atoms with Crippen molar-refractivity contribution in [3.63, 3.8) is 0 Å². The lowest BCUT2D eigenvalue weighted by molar-refractivity contribution is -0.115. The summed E-state index contributed by atoms with van der Waals surface area (Å²) in [5.41, 5.74) is 4.47. The Morgan fingerprint density at radius 1 is 1.62 bits per heavy atom. The van der Waals surface area contributed by atoms with Gasteiger partial charge in [0.15, 0.2) is 0 Å². The normalized spacial score (nSPS) is 7.62. The van der Waals surface area contributed by atoms with Crippen LogP contribution in [0.25, 0.3) is 0 Å². The second-order valence-electron chi connectivity index (χ2n) is 1.35. The Bertz CT molecular complexity index is 58.3. The van der Waals surface area contributed by atoms with E-state index in [1.165, 1.54) is 6.92 Å². The number of amides is 1. The van der Waals surface area contributed by atoms with Crippen LogP contribution in [0, 0.1) is 0 Å². The van der Waals surface area contributed by atoms with Crippen LogP contribution in [0.2, 0.25) is 0 Å². The zero-order chi connectivity index (χ0) is 7.15. The highest BCUT2D eigenvalue weighted by atomic mass is 32.2. The average Bonchev–Trinajstić information content (AvgIpc) is 1.25. The first-order valence-corrected chi connectivity index (χ1v) is 3.94. The molecule has 8 heavy (non-hydrogen) atoms. The van der Waals surface area contributed by atoms with Crippen molar-refractivity contribution in [1.82, 2.24) is 0 Å². The van der Waals surface area contributed by atoms with E-state index in [-0.39, 0.29) is 5.91 Å². The van der Waals surface area contributed by atoms with E-state index in [1.54, 1.807) is 12.5 Å². The van der Waals surface area contributed by atoms with Crippen LogP contribution in [0.3, 0.4) is 0 Å². The maximum Gasteiger partial charge on any atom is 0.214 e. The second-order valence-corrected chi connectivity index (χ2v) is 2.84. The van der Waals surface area contributed by atoms with Crippen LogP contribution in [0.4, 0.5) is 0 Å². The standard InChI is InChI=1S/C2H5NO.C2H6OS/c1-2(3)4;1-4(2)3/h1H3,(H2,3,4);1-2H3. The first-order valence-electron chi connectivity index (χ1n) is 1.98. The van der Waals surface area contributed by atoms with Gasteiger partial charge in [-0.15, -0.1) is 0 Å². The third kappa shape index (κ3) is 2730. The maximum absolute atomic E-state index is 9.56. The average molecular weight is 137 g/mol. The molecule has 0 heterocycles. The summed E-state index contributed by atoms with van der Waals surface area (Å²) in [6.07, 6.45) is 3.28. The Labute approximate surface area is 52.4 Å². The van der Waals surface area contributed by atoms with E-state index in [9.17, 15) is 9.35 Å². The highest BCUT2D eigenvalue weighted by Gasteiger charge is 1.66. The van der Waals surface area contributed by atoms with Crippen LogP contribution in [-0.4, -0.2) is 23.0 Å². The summed E-state index contributed by atoms with van der Waals surface area (Å²) in [6, 6.07) is 0. The monoisotopic (exact) mass is 137 g/mol. The van der Waals surface area contributed by atoms with Gasteiger partial charge in [-0.2, -0.15) is 0 Å². The quantitative estimate of drug-likeness (QED) is 0.457. The minimum absolute atomic E-state index is 0.333. The van der Waals surface area contributed by atoms with Gasteiger partial charge in [-0.05, 0) is 0 Å². The van der Waals surface area contributed by atoms with Crippen LogP contribution in [0.15, 0.2) is 0 Å². The molecule has 0 aliphatic rings. The van der Waals surface area contributed by atoms with Crippen molar-refractivity contribution in [1.29, 1.82) is 0 Å². The van der Waals surface area contributed by atoms with Crippen LogP contribution in [-0.2, 0) is 16.0 Å². The van der Waals surface area contributed by atoms with E-state index >= 15 is 0 Å². The molecule has 0 fully saturated rings. The minimum Gasteiger partial charge on any atom is -0.617 e. The van der Waals surface area contributed by atoms with Crippen LogP contribution < -0.4 is 5.73 Å². The van der Waals surface area contributed by atoms with Crippen molar-refractivity contribution in [2.24, 2.45) is 5.73 Å². The molecule has 0 atom stereocenters. The SMILES string of the molecule is CC(N)=O.C[S+](C)[O-]. The Morgan fingerprint density at radius 2 is 1.62 bits per heavy atom. The predicted molar refractivity (Wildman–Crippen MR) is 34.9 cm³/mol. The molecule has 50 valence electrons. The third-order valence-electron chi connectivity index (χ3n) is 0. The molecule has 0 radical (unpaired) electrons. The van der Waals surface area contributed by atoms with E-state index in [0.717, 1.165) is 0 Å². The van der Waals surface area contributed by atoms with Gasteiger partial charge in [-0.3, -0.25) is 4.79 Å². The summed E-state index contributed by atoms with van der Waals surface area (Å²) < 4.78 is 9.56. The highest BCUT2D eigenvalue weighted by Crippen LogP contribution is 1.61. The molecule has 0 bridgehead atoms. The highest BCUT2D eigenvalue weighted by molar-refractivity contribution is 7.89. The number of hydrogen-bond acceptors (Lipinski definition) is 2. The fourth-order valence-electron chi connectivity index (χ4n) is 0. The molecule has 0 aromatic carbocycles. The largest absolute Gasteiger partial charge is 0.617 e. The van der Waals surface area contributed by atoms with E-state index in [0.29, 0.717) is 0 Å². The first-order chi connectivity index (χ1) is 3.46. The van der Waals surface area contributed by atoms with Crippen molar-refractivity contribution in [2.45, 2.75) is 6.92 Å². The van der Waals surface area contributed by atoms with Gasteiger partial charge >= 0.3 is 0 Å². The third-order valence-corrected chi connectivity index (χ3v) is 0.